The van der Waals surface area contributed by atoms with Gasteiger partial charge < -0.3 is 9.13 Å². The normalized spacial score (nSPS) is 16.0. The van der Waals surface area contributed by atoms with Crippen molar-refractivity contribution in [2.45, 2.75) is 44.7 Å². The summed E-state index contributed by atoms with van der Waals surface area (Å²) in [6.07, 6.45) is 12.3. The standard InChI is InChI=1S/C16H19N3O2/c20-15-16(21)19(14-4-2-1-3-5-14)11-10-18(15)12-13-6-8-17-9-7-13/h6-11,14H,1-5,12H2. The molecule has 1 saturated carbocycles. The Kier molecular flexibility index (Phi) is 3.99. The highest BCUT2D eigenvalue weighted by Crippen LogP contribution is 2.26. The van der Waals surface area contributed by atoms with Crippen molar-refractivity contribution in [2.75, 3.05) is 0 Å². The second-order valence-corrected chi connectivity index (χ2v) is 5.59. The molecule has 0 radical (unpaired) electrons. The molecule has 1 aliphatic carbocycles. The molecule has 0 aliphatic heterocycles. The Labute approximate surface area is 122 Å². The fourth-order valence-electron chi connectivity index (χ4n) is 2.98. The summed E-state index contributed by atoms with van der Waals surface area (Å²) in [6, 6.07) is 3.88. The lowest BCUT2D eigenvalue weighted by atomic mass is 9.95. The van der Waals surface area contributed by atoms with Gasteiger partial charge in [0, 0.05) is 30.8 Å². The Morgan fingerprint density at radius 3 is 2.43 bits per heavy atom. The molecule has 0 aromatic carbocycles. The van der Waals surface area contributed by atoms with E-state index in [1.54, 1.807) is 29.4 Å². The minimum atomic E-state index is -0.445. The maximum absolute atomic E-state index is 12.3. The molecule has 110 valence electrons. The predicted molar refractivity (Wildman–Crippen MR) is 80.4 cm³/mol. The summed E-state index contributed by atoms with van der Waals surface area (Å²) in [5.74, 6) is 0. The molecule has 21 heavy (non-hydrogen) atoms. The molecule has 1 aliphatic rings. The molecule has 3 rings (SSSR count). The Hall–Kier alpha value is -2.17. The predicted octanol–water partition coefficient (Wildman–Crippen LogP) is 1.96. The molecule has 2 aromatic heterocycles. The van der Waals surface area contributed by atoms with Crippen LogP contribution in [0.15, 0.2) is 46.5 Å². The third kappa shape index (κ3) is 2.96. The van der Waals surface area contributed by atoms with E-state index in [9.17, 15) is 9.59 Å². The maximum atomic E-state index is 12.3. The number of nitrogens with zero attached hydrogens (tertiary/aromatic N) is 3. The van der Waals surface area contributed by atoms with E-state index >= 15 is 0 Å². The van der Waals surface area contributed by atoms with Crippen LogP contribution in [-0.2, 0) is 6.54 Å². The van der Waals surface area contributed by atoms with Crippen molar-refractivity contribution in [1.82, 2.24) is 14.1 Å². The van der Waals surface area contributed by atoms with Gasteiger partial charge in [-0.05, 0) is 30.5 Å². The molecule has 0 amide bonds. The summed E-state index contributed by atoms with van der Waals surface area (Å²) in [4.78, 5) is 28.5. The van der Waals surface area contributed by atoms with Crippen LogP contribution in [0.3, 0.4) is 0 Å². The first-order valence-corrected chi connectivity index (χ1v) is 7.46. The molecule has 1 fully saturated rings. The van der Waals surface area contributed by atoms with E-state index in [1.807, 2.05) is 12.1 Å². The SMILES string of the molecule is O=c1c(=O)n(C2CCCCC2)ccn1Cc1ccncc1. The fraction of sp³-hybridized carbons (Fsp3) is 0.438. The quantitative estimate of drug-likeness (QED) is 0.810. The van der Waals surface area contributed by atoms with E-state index in [4.69, 9.17) is 0 Å². The van der Waals surface area contributed by atoms with Gasteiger partial charge in [-0.3, -0.25) is 14.6 Å². The van der Waals surface area contributed by atoms with Crippen LogP contribution >= 0.6 is 0 Å². The molecule has 0 atom stereocenters. The Balaban J connectivity index is 1.89. The van der Waals surface area contributed by atoms with Crippen molar-refractivity contribution >= 4 is 0 Å². The summed E-state index contributed by atoms with van der Waals surface area (Å²) in [5, 5.41) is 0. The summed E-state index contributed by atoms with van der Waals surface area (Å²) >= 11 is 0. The van der Waals surface area contributed by atoms with E-state index in [2.05, 4.69) is 4.98 Å². The van der Waals surface area contributed by atoms with E-state index in [0.717, 1.165) is 31.2 Å². The van der Waals surface area contributed by atoms with Gasteiger partial charge in [-0.2, -0.15) is 0 Å². The highest BCUT2D eigenvalue weighted by Gasteiger charge is 2.17. The van der Waals surface area contributed by atoms with Gasteiger partial charge in [0.05, 0.1) is 6.54 Å². The van der Waals surface area contributed by atoms with Gasteiger partial charge in [0.1, 0.15) is 0 Å². The van der Waals surface area contributed by atoms with Crippen molar-refractivity contribution in [2.24, 2.45) is 0 Å². The van der Waals surface area contributed by atoms with Crippen LogP contribution in [0.1, 0.15) is 43.7 Å². The first kappa shape index (κ1) is 13.8. The van der Waals surface area contributed by atoms with Crippen LogP contribution in [0, 0.1) is 0 Å². The molecular weight excluding hydrogens is 266 g/mol. The monoisotopic (exact) mass is 285 g/mol. The van der Waals surface area contributed by atoms with E-state index in [-0.39, 0.29) is 6.04 Å². The molecular formula is C16H19N3O2. The molecule has 0 spiro atoms. The molecule has 0 bridgehead atoms. The highest BCUT2D eigenvalue weighted by atomic mass is 16.2. The van der Waals surface area contributed by atoms with Crippen molar-refractivity contribution in [1.29, 1.82) is 0 Å². The second kappa shape index (κ2) is 6.08. The van der Waals surface area contributed by atoms with Gasteiger partial charge in [0.2, 0.25) is 0 Å². The zero-order valence-corrected chi connectivity index (χ0v) is 11.9. The first-order chi connectivity index (χ1) is 10.3. The van der Waals surface area contributed by atoms with Gasteiger partial charge in [0.25, 0.3) is 0 Å². The third-order valence-electron chi connectivity index (χ3n) is 4.16. The van der Waals surface area contributed by atoms with Gasteiger partial charge in [-0.25, -0.2) is 0 Å². The fourth-order valence-corrected chi connectivity index (χ4v) is 2.98. The molecule has 0 N–H and O–H groups in total. The number of pyridine rings is 1. The minimum absolute atomic E-state index is 0.189. The molecule has 5 nitrogen and oxygen atoms in total. The molecule has 2 heterocycles. The van der Waals surface area contributed by atoms with Crippen LogP contribution < -0.4 is 11.1 Å². The summed E-state index contributed by atoms with van der Waals surface area (Å²) < 4.78 is 3.10. The maximum Gasteiger partial charge on any atom is 0.316 e. The summed E-state index contributed by atoms with van der Waals surface area (Å²) in [7, 11) is 0. The van der Waals surface area contributed by atoms with Crippen molar-refractivity contribution in [3.05, 3.63) is 63.2 Å². The highest BCUT2D eigenvalue weighted by molar-refractivity contribution is 5.10. The number of rotatable bonds is 3. The van der Waals surface area contributed by atoms with Crippen molar-refractivity contribution in [3.8, 4) is 0 Å². The van der Waals surface area contributed by atoms with E-state index in [0.29, 0.717) is 6.54 Å². The van der Waals surface area contributed by atoms with Gasteiger partial charge in [0.15, 0.2) is 0 Å². The van der Waals surface area contributed by atoms with Gasteiger partial charge >= 0.3 is 11.1 Å². The second-order valence-electron chi connectivity index (χ2n) is 5.59. The Morgan fingerprint density at radius 2 is 1.71 bits per heavy atom. The van der Waals surface area contributed by atoms with Crippen molar-refractivity contribution in [3.63, 3.8) is 0 Å². The molecule has 5 heteroatoms. The van der Waals surface area contributed by atoms with E-state index < -0.39 is 11.1 Å². The van der Waals surface area contributed by atoms with E-state index in [1.165, 1.54) is 11.0 Å². The van der Waals surface area contributed by atoms with Crippen LogP contribution in [-0.4, -0.2) is 14.1 Å². The van der Waals surface area contributed by atoms with Crippen LogP contribution in [0.2, 0.25) is 0 Å². The topological polar surface area (TPSA) is 56.9 Å². The average Bonchev–Trinajstić information content (AvgIpc) is 2.54. The van der Waals surface area contributed by atoms with Crippen LogP contribution in [0.5, 0.6) is 0 Å². The first-order valence-electron chi connectivity index (χ1n) is 7.46. The number of hydrogen-bond acceptors (Lipinski definition) is 3. The lowest BCUT2D eigenvalue weighted by Crippen LogP contribution is -2.42. The molecule has 0 saturated heterocycles. The zero-order valence-electron chi connectivity index (χ0n) is 11.9. The number of aromatic nitrogens is 3. The lowest BCUT2D eigenvalue weighted by molar-refractivity contribution is 0.342. The van der Waals surface area contributed by atoms with Gasteiger partial charge in [-0.15, -0.1) is 0 Å². The largest absolute Gasteiger partial charge is 0.316 e. The average molecular weight is 285 g/mol. The molecule has 2 aromatic rings. The summed E-state index contributed by atoms with van der Waals surface area (Å²) in [6.45, 7) is 0.405. The third-order valence-corrected chi connectivity index (χ3v) is 4.16. The smallest absolute Gasteiger partial charge is 0.306 e. The lowest BCUT2D eigenvalue weighted by Gasteiger charge is -2.23. The number of hydrogen-bond donors (Lipinski definition) is 0. The van der Waals surface area contributed by atoms with Gasteiger partial charge in [-0.1, -0.05) is 19.3 Å². The zero-order chi connectivity index (χ0) is 14.7. The van der Waals surface area contributed by atoms with Crippen LogP contribution in [0.25, 0.3) is 0 Å². The Morgan fingerprint density at radius 1 is 1.00 bits per heavy atom. The Bertz CT molecular complexity index is 712. The van der Waals surface area contributed by atoms with Crippen molar-refractivity contribution < 1.29 is 0 Å². The minimum Gasteiger partial charge on any atom is -0.306 e. The summed E-state index contributed by atoms with van der Waals surface area (Å²) in [5.41, 5.74) is 0.111. The van der Waals surface area contributed by atoms with Crippen LogP contribution in [0.4, 0.5) is 0 Å². The molecule has 0 unspecified atom stereocenters.